The number of nitrogens with zero attached hydrogens (tertiary/aromatic N) is 1. The second-order valence-corrected chi connectivity index (χ2v) is 11.7. The predicted molar refractivity (Wildman–Crippen MR) is 149 cm³/mol. The SMILES string of the molecule is CCC(=Cc1ccccc1)C1C[C@@H]1N(CC1CC(NCC(C)(C)C(=O)OCc2ccccc2)C1)C(=O)C(F)(F)F. The van der Waals surface area contributed by atoms with E-state index in [4.69, 9.17) is 4.74 Å². The first-order valence-corrected chi connectivity index (χ1v) is 14.1. The number of ether oxygens (including phenoxy) is 1. The number of alkyl halides is 3. The minimum absolute atomic E-state index is 0.0126. The molecule has 2 fully saturated rings. The van der Waals surface area contributed by atoms with Crippen LogP contribution >= 0.6 is 0 Å². The Bertz CT molecular complexity index is 1170. The van der Waals surface area contributed by atoms with Crippen LogP contribution in [0.25, 0.3) is 6.08 Å². The molecular weight excluding hydrogens is 517 g/mol. The summed E-state index contributed by atoms with van der Waals surface area (Å²) in [4.78, 5) is 26.1. The van der Waals surface area contributed by atoms with E-state index >= 15 is 0 Å². The number of carbonyl (C=O) groups is 2. The average Bonchev–Trinajstić information content (AvgIpc) is 3.70. The molecule has 4 rings (SSSR count). The number of carbonyl (C=O) groups excluding carboxylic acids is 2. The minimum atomic E-state index is -4.89. The standard InChI is InChI=1S/C32H39F3N2O3/c1-4-25(15-22-11-7-5-8-12-22)27-18-28(27)37(29(38)32(33,34)35)19-24-16-26(17-24)36-21-31(2,3)30(39)40-20-23-13-9-6-10-14-23/h5-15,24,26-28,36H,4,16-21H2,1-3H3/t24?,26?,27?,28-/m0/s1. The molecule has 2 atom stereocenters. The van der Waals surface area contributed by atoms with E-state index in [2.05, 4.69) is 5.32 Å². The third-order valence-electron chi connectivity index (χ3n) is 7.99. The highest BCUT2D eigenvalue weighted by atomic mass is 19.4. The van der Waals surface area contributed by atoms with Crippen molar-refractivity contribution in [2.24, 2.45) is 17.3 Å². The van der Waals surface area contributed by atoms with Crippen LogP contribution in [0.2, 0.25) is 0 Å². The molecule has 2 saturated carbocycles. The highest BCUT2D eigenvalue weighted by Gasteiger charge is 2.53. The summed E-state index contributed by atoms with van der Waals surface area (Å²) in [7, 11) is 0. The van der Waals surface area contributed by atoms with Crippen LogP contribution < -0.4 is 5.32 Å². The van der Waals surface area contributed by atoms with Crippen LogP contribution in [0.4, 0.5) is 13.2 Å². The average molecular weight is 557 g/mol. The molecule has 0 radical (unpaired) electrons. The summed E-state index contributed by atoms with van der Waals surface area (Å²) in [6, 6.07) is 18.9. The summed E-state index contributed by atoms with van der Waals surface area (Å²) < 4.78 is 46.1. The van der Waals surface area contributed by atoms with Gasteiger partial charge in [0.25, 0.3) is 0 Å². The van der Waals surface area contributed by atoms with E-state index in [-0.39, 0.29) is 37.0 Å². The van der Waals surface area contributed by atoms with Gasteiger partial charge in [-0.2, -0.15) is 13.2 Å². The maximum atomic E-state index is 13.5. The predicted octanol–water partition coefficient (Wildman–Crippen LogP) is 6.40. The van der Waals surface area contributed by atoms with Gasteiger partial charge in [-0.1, -0.05) is 79.2 Å². The number of nitrogens with one attached hydrogen (secondary N) is 1. The van der Waals surface area contributed by atoms with Crippen LogP contribution in [-0.2, 0) is 20.9 Å². The molecule has 40 heavy (non-hydrogen) atoms. The normalized spacial score (nSPS) is 22.8. The van der Waals surface area contributed by atoms with Gasteiger partial charge in [-0.15, -0.1) is 0 Å². The fourth-order valence-electron chi connectivity index (χ4n) is 5.41. The molecule has 0 aromatic heterocycles. The molecule has 0 bridgehead atoms. The Morgan fingerprint density at radius 1 is 1.00 bits per heavy atom. The van der Waals surface area contributed by atoms with Gasteiger partial charge in [0.05, 0.1) is 5.41 Å². The van der Waals surface area contributed by atoms with Crippen molar-refractivity contribution in [1.82, 2.24) is 10.2 Å². The van der Waals surface area contributed by atoms with Crippen molar-refractivity contribution in [3.05, 3.63) is 77.4 Å². The highest BCUT2D eigenvalue weighted by Crippen LogP contribution is 2.46. The third-order valence-corrected chi connectivity index (χ3v) is 7.99. The van der Waals surface area contributed by atoms with Gasteiger partial charge >= 0.3 is 18.1 Å². The number of esters is 1. The Hall–Kier alpha value is -3.13. The largest absolute Gasteiger partial charge is 0.471 e. The molecule has 0 heterocycles. The first-order valence-electron chi connectivity index (χ1n) is 14.1. The molecule has 8 heteroatoms. The van der Waals surface area contributed by atoms with Crippen LogP contribution in [0.3, 0.4) is 0 Å². The molecule has 5 nitrogen and oxygen atoms in total. The van der Waals surface area contributed by atoms with Gasteiger partial charge in [0.2, 0.25) is 0 Å². The van der Waals surface area contributed by atoms with Crippen molar-refractivity contribution in [3.63, 3.8) is 0 Å². The lowest BCUT2D eigenvalue weighted by Gasteiger charge is -2.40. The lowest BCUT2D eigenvalue weighted by atomic mass is 9.79. The van der Waals surface area contributed by atoms with Crippen molar-refractivity contribution in [2.75, 3.05) is 13.1 Å². The third kappa shape index (κ3) is 7.74. The van der Waals surface area contributed by atoms with Gasteiger partial charge in [0.15, 0.2) is 0 Å². The van der Waals surface area contributed by atoms with Crippen LogP contribution in [-0.4, -0.2) is 48.1 Å². The molecule has 1 N–H and O–H groups in total. The smallest absolute Gasteiger partial charge is 0.460 e. The van der Waals surface area contributed by atoms with Gasteiger partial charge < -0.3 is 15.0 Å². The first kappa shape index (κ1) is 29.8. The fraction of sp³-hybridized carbons (Fsp3) is 0.500. The van der Waals surface area contributed by atoms with E-state index in [1.165, 1.54) is 0 Å². The van der Waals surface area contributed by atoms with E-state index in [9.17, 15) is 22.8 Å². The van der Waals surface area contributed by atoms with Crippen LogP contribution in [0.15, 0.2) is 66.2 Å². The van der Waals surface area contributed by atoms with Crippen LogP contribution in [0.1, 0.15) is 57.6 Å². The summed E-state index contributed by atoms with van der Waals surface area (Å²) in [6.45, 7) is 6.34. The first-order chi connectivity index (χ1) is 19.0. The molecule has 2 aromatic carbocycles. The zero-order valence-electron chi connectivity index (χ0n) is 23.4. The van der Waals surface area contributed by atoms with Crippen molar-refractivity contribution < 1.29 is 27.5 Å². The number of hydrogen-bond acceptors (Lipinski definition) is 4. The Labute approximate surface area is 234 Å². The highest BCUT2D eigenvalue weighted by molar-refractivity contribution is 5.82. The Balaban J connectivity index is 1.28. The number of halogens is 3. The lowest BCUT2D eigenvalue weighted by Crippen LogP contribution is -2.52. The van der Waals surface area contributed by atoms with E-state index in [1.807, 2.05) is 87.5 Å². The van der Waals surface area contributed by atoms with E-state index in [1.54, 1.807) is 0 Å². The molecule has 1 amide bonds. The van der Waals surface area contributed by atoms with E-state index in [0.29, 0.717) is 25.8 Å². The summed E-state index contributed by atoms with van der Waals surface area (Å²) in [5, 5.41) is 3.37. The number of rotatable bonds is 12. The number of hydrogen-bond donors (Lipinski definition) is 1. The number of benzene rings is 2. The summed E-state index contributed by atoms with van der Waals surface area (Å²) in [5.74, 6) is -2.11. The molecule has 216 valence electrons. The molecule has 2 aliphatic carbocycles. The molecule has 2 aliphatic rings. The Morgan fingerprint density at radius 2 is 1.62 bits per heavy atom. The summed E-state index contributed by atoms with van der Waals surface area (Å²) in [5.41, 5.74) is 2.25. The van der Waals surface area contributed by atoms with Crippen LogP contribution in [0.5, 0.6) is 0 Å². The van der Waals surface area contributed by atoms with Crippen molar-refractivity contribution >= 4 is 18.0 Å². The second kappa shape index (κ2) is 12.6. The Morgan fingerprint density at radius 3 is 2.23 bits per heavy atom. The lowest BCUT2D eigenvalue weighted by molar-refractivity contribution is -0.187. The zero-order valence-corrected chi connectivity index (χ0v) is 23.4. The van der Waals surface area contributed by atoms with Crippen molar-refractivity contribution in [3.8, 4) is 0 Å². The van der Waals surface area contributed by atoms with Gasteiger partial charge in [0, 0.05) is 31.1 Å². The maximum absolute atomic E-state index is 13.5. The molecule has 1 unspecified atom stereocenters. The van der Waals surface area contributed by atoms with E-state index < -0.39 is 23.5 Å². The molecular formula is C32H39F3N2O3. The molecule has 0 saturated heterocycles. The maximum Gasteiger partial charge on any atom is 0.471 e. The topological polar surface area (TPSA) is 58.6 Å². The summed E-state index contributed by atoms with van der Waals surface area (Å²) >= 11 is 0. The van der Waals surface area contributed by atoms with Gasteiger partial charge in [-0.05, 0) is 56.6 Å². The fourth-order valence-corrected chi connectivity index (χ4v) is 5.41. The van der Waals surface area contributed by atoms with Gasteiger partial charge in [-0.25, -0.2) is 0 Å². The molecule has 0 aliphatic heterocycles. The second-order valence-electron chi connectivity index (χ2n) is 11.7. The zero-order chi connectivity index (χ0) is 28.9. The van der Waals surface area contributed by atoms with E-state index in [0.717, 1.165) is 28.0 Å². The van der Waals surface area contributed by atoms with Gasteiger partial charge in [0.1, 0.15) is 6.61 Å². The van der Waals surface area contributed by atoms with Crippen LogP contribution in [0, 0.1) is 17.3 Å². The quantitative estimate of drug-likeness (QED) is 0.308. The Kier molecular flexibility index (Phi) is 9.39. The monoisotopic (exact) mass is 556 g/mol. The molecule has 0 spiro atoms. The number of amides is 1. The summed E-state index contributed by atoms with van der Waals surface area (Å²) in [6.07, 6.45) is -0.251. The molecule has 2 aromatic rings. The van der Waals surface area contributed by atoms with Gasteiger partial charge in [-0.3, -0.25) is 9.59 Å². The minimum Gasteiger partial charge on any atom is -0.460 e. The van der Waals surface area contributed by atoms with Crippen molar-refractivity contribution in [1.29, 1.82) is 0 Å². The van der Waals surface area contributed by atoms with Crippen molar-refractivity contribution in [2.45, 2.75) is 71.3 Å².